The van der Waals surface area contributed by atoms with Gasteiger partial charge >= 0.3 is 18.3 Å². The second kappa shape index (κ2) is 7.30. The first kappa shape index (κ1) is 15.9. The standard InChI is InChI=1S/C6H7NO3.C3H3F3O2/c1-2-9-6(8)5-3-7-4-10-5;1-2(7)8-3(4,5)6/h3-4H,2H2,1H3;1H3. The molecule has 6 nitrogen and oxygen atoms in total. The molecule has 0 radical (unpaired) electrons. The van der Waals surface area contributed by atoms with E-state index in [4.69, 9.17) is 0 Å². The van der Waals surface area contributed by atoms with Crippen molar-refractivity contribution in [2.45, 2.75) is 20.2 Å². The van der Waals surface area contributed by atoms with Gasteiger partial charge in [-0.3, -0.25) is 4.79 Å². The van der Waals surface area contributed by atoms with E-state index in [2.05, 4.69) is 18.9 Å². The zero-order chi connectivity index (χ0) is 14.2. The summed E-state index contributed by atoms with van der Waals surface area (Å²) < 4.78 is 44.7. The Balaban J connectivity index is 0.000000331. The number of alkyl halides is 3. The molecule has 0 aliphatic heterocycles. The molecular weight excluding hydrogens is 259 g/mol. The molecule has 0 saturated heterocycles. The van der Waals surface area contributed by atoms with E-state index in [0.29, 0.717) is 13.5 Å². The van der Waals surface area contributed by atoms with Gasteiger partial charge in [0.15, 0.2) is 6.39 Å². The Bertz CT molecular complexity index is 374. The summed E-state index contributed by atoms with van der Waals surface area (Å²) in [6.07, 6.45) is -2.32. The predicted molar refractivity (Wildman–Crippen MR) is 50.3 cm³/mol. The van der Waals surface area contributed by atoms with Gasteiger partial charge in [-0.2, -0.15) is 0 Å². The number of rotatable bonds is 2. The number of hydrogen-bond donors (Lipinski definition) is 0. The Morgan fingerprint density at radius 3 is 2.33 bits per heavy atom. The van der Waals surface area contributed by atoms with Crippen LogP contribution in [0, 0.1) is 0 Å². The van der Waals surface area contributed by atoms with Gasteiger partial charge < -0.3 is 13.9 Å². The van der Waals surface area contributed by atoms with Gasteiger partial charge in [-0.1, -0.05) is 0 Å². The van der Waals surface area contributed by atoms with Gasteiger partial charge in [0.05, 0.1) is 12.8 Å². The van der Waals surface area contributed by atoms with Crippen molar-refractivity contribution in [3.8, 4) is 0 Å². The molecule has 0 spiro atoms. The van der Waals surface area contributed by atoms with Crippen LogP contribution >= 0.6 is 0 Å². The largest absolute Gasteiger partial charge is 0.575 e. The van der Waals surface area contributed by atoms with Gasteiger partial charge in [0.2, 0.25) is 5.76 Å². The van der Waals surface area contributed by atoms with E-state index in [0.717, 1.165) is 0 Å². The van der Waals surface area contributed by atoms with Crippen molar-refractivity contribution < 1.29 is 36.7 Å². The number of carbonyl (C=O) groups excluding carboxylic acids is 2. The molecule has 0 aromatic carbocycles. The third kappa shape index (κ3) is 8.13. The van der Waals surface area contributed by atoms with Gasteiger partial charge in [0.1, 0.15) is 0 Å². The first-order valence-electron chi connectivity index (χ1n) is 4.58. The van der Waals surface area contributed by atoms with Crippen molar-refractivity contribution in [3.63, 3.8) is 0 Å². The maximum absolute atomic E-state index is 10.9. The smallest absolute Gasteiger partial charge is 0.460 e. The normalized spacial score (nSPS) is 10.1. The van der Waals surface area contributed by atoms with Gasteiger partial charge in [-0.25, -0.2) is 9.78 Å². The Morgan fingerprint density at radius 1 is 1.44 bits per heavy atom. The minimum atomic E-state index is -4.83. The fraction of sp³-hybridized carbons (Fsp3) is 0.444. The number of nitrogens with zero attached hydrogens (tertiary/aromatic N) is 1. The SMILES string of the molecule is CC(=O)OC(F)(F)F.CCOC(=O)c1cnco1. The van der Waals surface area contributed by atoms with Crippen molar-refractivity contribution in [1.29, 1.82) is 0 Å². The van der Waals surface area contributed by atoms with Crippen LogP contribution in [-0.2, 0) is 14.3 Å². The summed E-state index contributed by atoms with van der Waals surface area (Å²) in [5, 5.41) is 0. The number of ether oxygens (including phenoxy) is 2. The lowest BCUT2D eigenvalue weighted by Crippen LogP contribution is -2.16. The summed E-state index contributed by atoms with van der Waals surface area (Å²) in [6.45, 7) is 2.77. The van der Waals surface area contributed by atoms with Crippen LogP contribution in [0.15, 0.2) is 17.0 Å². The number of esters is 2. The van der Waals surface area contributed by atoms with Crippen LogP contribution in [0.3, 0.4) is 0 Å². The second-order valence-electron chi connectivity index (χ2n) is 2.63. The van der Waals surface area contributed by atoms with Crippen molar-refractivity contribution in [3.05, 3.63) is 18.4 Å². The van der Waals surface area contributed by atoms with Crippen LogP contribution in [0.2, 0.25) is 0 Å². The molecule has 1 aromatic rings. The number of carbonyl (C=O) groups is 2. The summed E-state index contributed by atoms with van der Waals surface area (Å²) in [5.74, 6) is -1.68. The molecule has 0 atom stereocenters. The Morgan fingerprint density at radius 2 is 2.06 bits per heavy atom. The topological polar surface area (TPSA) is 78.6 Å². The third-order valence-corrected chi connectivity index (χ3v) is 1.17. The molecule has 102 valence electrons. The van der Waals surface area contributed by atoms with Crippen LogP contribution in [0.4, 0.5) is 13.2 Å². The van der Waals surface area contributed by atoms with Crippen molar-refractivity contribution in [2.75, 3.05) is 6.61 Å². The average molecular weight is 269 g/mol. The molecule has 0 unspecified atom stereocenters. The van der Waals surface area contributed by atoms with E-state index in [9.17, 15) is 22.8 Å². The highest BCUT2D eigenvalue weighted by Gasteiger charge is 2.32. The quantitative estimate of drug-likeness (QED) is 0.763. The van der Waals surface area contributed by atoms with E-state index in [1.54, 1.807) is 6.92 Å². The molecule has 0 aliphatic carbocycles. The highest BCUT2D eigenvalue weighted by molar-refractivity contribution is 5.85. The van der Waals surface area contributed by atoms with E-state index < -0.39 is 18.3 Å². The zero-order valence-electron chi connectivity index (χ0n) is 9.48. The van der Waals surface area contributed by atoms with Crippen LogP contribution < -0.4 is 0 Å². The maximum Gasteiger partial charge on any atom is 0.575 e. The molecule has 1 heterocycles. The van der Waals surface area contributed by atoms with Crippen LogP contribution in [0.1, 0.15) is 24.4 Å². The predicted octanol–water partition coefficient (Wildman–Crippen LogP) is 1.92. The molecule has 0 bridgehead atoms. The molecule has 0 amide bonds. The molecule has 1 rings (SSSR count). The first-order chi connectivity index (χ1) is 8.26. The van der Waals surface area contributed by atoms with Crippen molar-refractivity contribution >= 4 is 11.9 Å². The van der Waals surface area contributed by atoms with Crippen LogP contribution in [-0.4, -0.2) is 29.9 Å². The monoisotopic (exact) mass is 269 g/mol. The molecule has 0 saturated carbocycles. The fourth-order valence-electron chi connectivity index (χ4n) is 0.682. The summed E-state index contributed by atoms with van der Waals surface area (Å²) in [7, 11) is 0. The lowest BCUT2D eigenvalue weighted by Gasteiger charge is -2.02. The molecule has 0 aliphatic rings. The summed E-state index contributed by atoms with van der Waals surface area (Å²) >= 11 is 0. The molecule has 1 aromatic heterocycles. The van der Waals surface area contributed by atoms with Crippen LogP contribution in [0.25, 0.3) is 0 Å². The molecule has 18 heavy (non-hydrogen) atoms. The number of hydrogen-bond acceptors (Lipinski definition) is 6. The van der Waals surface area contributed by atoms with E-state index in [-0.39, 0.29) is 5.76 Å². The second-order valence-corrected chi connectivity index (χ2v) is 2.63. The molecule has 9 heteroatoms. The first-order valence-corrected chi connectivity index (χ1v) is 4.58. The van der Waals surface area contributed by atoms with Gasteiger partial charge in [0.25, 0.3) is 0 Å². The van der Waals surface area contributed by atoms with Crippen molar-refractivity contribution in [1.82, 2.24) is 4.98 Å². The zero-order valence-corrected chi connectivity index (χ0v) is 9.48. The van der Waals surface area contributed by atoms with Gasteiger partial charge in [-0.05, 0) is 6.92 Å². The summed E-state index contributed by atoms with van der Waals surface area (Å²) in [5.41, 5.74) is 0. The number of aromatic nitrogens is 1. The maximum atomic E-state index is 10.9. The third-order valence-electron chi connectivity index (χ3n) is 1.17. The molecule has 0 N–H and O–H groups in total. The summed E-state index contributed by atoms with van der Waals surface area (Å²) in [4.78, 5) is 23.8. The van der Waals surface area contributed by atoms with E-state index >= 15 is 0 Å². The van der Waals surface area contributed by atoms with Crippen LogP contribution in [0.5, 0.6) is 0 Å². The van der Waals surface area contributed by atoms with Gasteiger partial charge in [0, 0.05) is 6.92 Å². The van der Waals surface area contributed by atoms with E-state index in [1.807, 2.05) is 0 Å². The van der Waals surface area contributed by atoms with Crippen molar-refractivity contribution in [2.24, 2.45) is 0 Å². The summed E-state index contributed by atoms with van der Waals surface area (Å²) in [6, 6.07) is 0. The lowest BCUT2D eigenvalue weighted by atomic mass is 10.5. The average Bonchev–Trinajstić information content (AvgIpc) is 2.67. The van der Waals surface area contributed by atoms with Gasteiger partial charge in [-0.15, -0.1) is 13.2 Å². The highest BCUT2D eigenvalue weighted by Crippen LogP contribution is 2.15. The number of oxazole rings is 1. The minimum Gasteiger partial charge on any atom is -0.460 e. The highest BCUT2D eigenvalue weighted by atomic mass is 19.4. The Kier molecular flexibility index (Phi) is 6.47. The molecular formula is C9H10F3NO5. The molecule has 0 fully saturated rings. The van der Waals surface area contributed by atoms with E-state index in [1.165, 1.54) is 12.6 Å². The Hall–Kier alpha value is -2.06. The fourth-order valence-corrected chi connectivity index (χ4v) is 0.682. The minimum absolute atomic E-state index is 0.141. The Labute approximate surface area is 99.7 Å². The number of halogens is 3. The lowest BCUT2D eigenvalue weighted by molar-refractivity contribution is -0.304.